The van der Waals surface area contributed by atoms with Crippen LogP contribution in [0.4, 0.5) is 10.1 Å². The third-order valence-corrected chi connectivity index (χ3v) is 4.05. The van der Waals surface area contributed by atoms with Crippen molar-refractivity contribution in [3.8, 4) is 11.1 Å². The van der Waals surface area contributed by atoms with E-state index in [4.69, 9.17) is 0 Å². The van der Waals surface area contributed by atoms with Gasteiger partial charge in [0.1, 0.15) is 17.8 Å². The number of nitrogens with one attached hydrogen (secondary N) is 1. The molecule has 0 aliphatic heterocycles. The van der Waals surface area contributed by atoms with E-state index in [2.05, 4.69) is 15.3 Å². The Morgan fingerprint density at radius 1 is 0.885 bits per heavy atom. The maximum Gasteiger partial charge on any atom is 0.213 e. The Morgan fingerprint density at radius 3 is 2.23 bits per heavy atom. The molecule has 26 heavy (non-hydrogen) atoms. The molecule has 0 saturated heterocycles. The molecule has 1 N–H and O–H groups in total. The fraction of sp³-hybridized carbons (Fsp3) is 0. The molecule has 0 atom stereocenters. The number of carbonyl (C=O) groups is 2. The van der Waals surface area contributed by atoms with Gasteiger partial charge in [0.05, 0.1) is 11.3 Å². The number of aromatic nitrogens is 2. The van der Waals surface area contributed by atoms with Gasteiger partial charge in [-0.1, -0.05) is 24.3 Å². The molecule has 2 aromatic carbocycles. The van der Waals surface area contributed by atoms with Crippen LogP contribution < -0.4 is 5.32 Å². The lowest BCUT2D eigenvalue weighted by molar-refractivity contribution is 0.0981. The van der Waals surface area contributed by atoms with Crippen molar-refractivity contribution in [1.82, 2.24) is 9.97 Å². The number of carbonyl (C=O) groups excluding carboxylic acids is 2. The van der Waals surface area contributed by atoms with E-state index in [0.717, 1.165) is 11.1 Å². The van der Waals surface area contributed by atoms with Gasteiger partial charge in [0.2, 0.25) is 11.6 Å². The van der Waals surface area contributed by atoms with E-state index in [-0.39, 0.29) is 34.3 Å². The van der Waals surface area contributed by atoms with E-state index < -0.39 is 0 Å². The number of Topliss-reactive ketones (excluding diaryl/α,β-unsaturated/α-hetero) is 1. The highest BCUT2D eigenvalue weighted by atomic mass is 19.1. The summed E-state index contributed by atoms with van der Waals surface area (Å²) in [5, 5.41) is 2.96. The average molecular weight is 345 g/mol. The number of benzene rings is 2. The van der Waals surface area contributed by atoms with Crippen molar-refractivity contribution >= 4 is 17.3 Å². The molecule has 1 aromatic heterocycles. The van der Waals surface area contributed by atoms with Gasteiger partial charge in [-0.05, 0) is 35.4 Å². The van der Waals surface area contributed by atoms with Crippen LogP contribution in [0.1, 0.15) is 20.8 Å². The summed E-state index contributed by atoms with van der Waals surface area (Å²) in [5.41, 5.74) is 2.92. The summed E-state index contributed by atoms with van der Waals surface area (Å²) in [5.74, 6) is -0.959. The number of ketones is 2. The van der Waals surface area contributed by atoms with Crippen LogP contribution in [0.15, 0.2) is 72.8 Å². The minimum Gasteiger partial charge on any atom is -0.352 e. The Labute approximate surface area is 148 Å². The summed E-state index contributed by atoms with van der Waals surface area (Å²) in [6.07, 6.45) is 3.82. The third-order valence-electron chi connectivity index (χ3n) is 4.05. The third kappa shape index (κ3) is 2.88. The lowest BCUT2D eigenvalue weighted by Gasteiger charge is -2.15. The van der Waals surface area contributed by atoms with Crippen molar-refractivity contribution in [3.05, 3.63) is 89.9 Å². The molecule has 1 aliphatic carbocycles. The summed E-state index contributed by atoms with van der Waals surface area (Å²) in [6.45, 7) is 0. The SMILES string of the molecule is O=C1C(Nc2ccc(-c3ccc(F)cc3)cc2)=CC(=O)c2ncncc21. The van der Waals surface area contributed by atoms with Crippen LogP contribution in [0.5, 0.6) is 0 Å². The maximum absolute atomic E-state index is 13.0. The fourth-order valence-corrected chi connectivity index (χ4v) is 2.74. The van der Waals surface area contributed by atoms with Crippen molar-refractivity contribution in [2.24, 2.45) is 0 Å². The van der Waals surface area contributed by atoms with Crippen molar-refractivity contribution in [2.45, 2.75) is 0 Å². The summed E-state index contributed by atoms with van der Waals surface area (Å²) in [7, 11) is 0. The van der Waals surface area contributed by atoms with Crippen molar-refractivity contribution < 1.29 is 14.0 Å². The fourth-order valence-electron chi connectivity index (χ4n) is 2.74. The van der Waals surface area contributed by atoms with Gasteiger partial charge in [-0.15, -0.1) is 0 Å². The molecule has 0 bridgehead atoms. The van der Waals surface area contributed by atoms with Crippen LogP contribution in [0.25, 0.3) is 11.1 Å². The molecule has 0 amide bonds. The Morgan fingerprint density at radius 2 is 1.54 bits per heavy atom. The first kappa shape index (κ1) is 15.8. The molecule has 3 aromatic rings. The van der Waals surface area contributed by atoms with E-state index in [1.807, 2.05) is 12.1 Å². The number of anilines is 1. The molecule has 0 saturated carbocycles. The normalized spacial score (nSPS) is 13.2. The topological polar surface area (TPSA) is 72.0 Å². The molecule has 0 radical (unpaired) electrons. The first-order valence-corrected chi connectivity index (χ1v) is 7.85. The number of nitrogens with zero attached hydrogens (tertiary/aromatic N) is 2. The zero-order chi connectivity index (χ0) is 18.1. The van der Waals surface area contributed by atoms with Gasteiger partial charge in [0.25, 0.3) is 0 Å². The van der Waals surface area contributed by atoms with E-state index in [9.17, 15) is 14.0 Å². The molecule has 6 heteroatoms. The second-order valence-electron chi connectivity index (χ2n) is 5.75. The summed E-state index contributed by atoms with van der Waals surface area (Å²) < 4.78 is 13.0. The van der Waals surface area contributed by atoms with Gasteiger partial charge in [-0.25, -0.2) is 14.4 Å². The van der Waals surface area contributed by atoms with Crippen LogP contribution in [-0.2, 0) is 0 Å². The highest BCUT2D eigenvalue weighted by molar-refractivity contribution is 6.24. The van der Waals surface area contributed by atoms with Gasteiger partial charge >= 0.3 is 0 Å². The molecular formula is C20H12FN3O2. The van der Waals surface area contributed by atoms with Gasteiger partial charge < -0.3 is 5.32 Å². The maximum atomic E-state index is 13.0. The molecule has 1 aliphatic rings. The van der Waals surface area contributed by atoms with Gasteiger partial charge in [0, 0.05) is 18.0 Å². The van der Waals surface area contributed by atoms with Crippen LogP contribution in [-0.4, -0.2) is 21.5 Å². The lowest BCUT2D eigenvalue weighted by atomic mass is 9.98. The molecule has 4 rings (SSSR count). The van der Waals surface area contributed by atoms with Crippen molar-refractivity contribution in [2.75, 3.05) is 5.32 Å². The standard InChI is InChI=1S/C20H12FN3O2/c21-14-5-1-12(2-6-14)13-3-7-15(8-4-13)24-17-9-18(25)19-16(20(17)26)10-22-11-23-19/h1-11,24H. The average Bonchev–Trinajstić information content (AvgIpc) is 2.67. The lowest BCUT2D eigenvalue weighted by Crippen LogP contribution is -2.22. The predicted octanol–water partition coefficient (Wildman–Crippen LogP) is 3.66. The first-order valence-electron chi connectivity index (χ1n) is 7.85. The molecule has 0 fully saturated rings. The van der Waals surface area contributed by atoms with E-state index in [0.29, 0.717) is 5.69 Å². The van der Waals surface area contributed by atoms with Gasteiger partial charge in [0.15, 0.2) is 0 Å². The molecule has 5 nitrogen and oxygen atoms in total. The highest BCUT2D eigenvalue weighted by Crippen LogP contribution is 2.24. The van der Waals surface area contributed by atoms with Gasteiger partial charge in [-0.3, -0.25) is 9.59 Å². The molecular weight excluding hydrogens is 333 g/mol. The number of allylic oxidation sites excluding steroid dienone is 2. The predicted molar refractivity (Wildman–Crippen MR) is 94.2 cm³/mol. The minimum absolute atomic E-state index is 0.113. The number of halogens is 1. The molecule has 0 spiro atoms. The highest BCUT2D eigenvalue weighted by Gasteiger charge is 2.27. The number of hydrogen-bond acceptors (Lipinski definition) is 5. The van der Waals surface area contributed by atoms with Crippen molar-refractivity contribution in [3.63, 3.8) is 0 Å². The molecule has 0 unspecified atom stereocenters. The number of hydrogen-bond donors (Lipinski definition) is 1. The van der Waals surface area contributed by atoms with Gasteiger partial charge in [-0.2, -0.15) is 0 Å². The summed E-state index contributed by atoms with van der Waals surface area (Å²) >= 11 is 0. The van der Waals surface area contributed by atoms with Crippen LogP contribution in [0.2, 0.25) is 0 Å². The van der Waals surface area contributed by atoms with Crippen LogP contribution in [0, 0.1) is 5.82 Å². The summed E-state index contributed by atoms with van der Waals surface area (Å²) in [4.78, 5) is 32.3. The zero-order valence-corrected chi connectivity index (χ0v) is 13.4. The first-order chi connectivity index (χ1) is 12.6. The van der Waals surface area contributed by atoms with Crippen LogP contribution in [0.3, 0.4) is 0 Å². The number of rotatable bonds is 3. The second kappa shape index (κ2) is 6.33. The Bertz CT molecular complexity index is 1040. The number of fused-ring (bicyclic) bond motifs is 1. The quantitative estimate of drug-likeness (QED) is 0.784. The minimum atomic E-state index is -0.340. The summed E-state index contributed by atoms with van der Waals surface area (Å²) in [6, 6.07) is 13.5. The molecule has 126 valence electrons. The Kier molecular flexibility index (Phi) is 3.85. The van der Waals surface area contributed by atoms with Crippen LogP contribution >= 0.6 is 0 Å². The Hall–Kier alpha value is -3.67. The molecule has 1 heterocycles. The van der Waals surface area contributed by atoms with E-state index in [1.54, 1.807) is 24.3 Å². The zero-order valence-electron chi connectivity index (χ0n) is 13.4. The Balaban J connectivity index is 1.57. The second-order valence-corrected chi connectivity index (χ2v) is 5.75. The van der Waals surface area contributed by atoms with Crippen molar-refractivity contribution in [1.29, 1.82) is 0 Å². The largest absolute Gasteiger partial charge is 0.352 e. The van der Waals surface area contributed by atoms with E-state index in [1.165, 1.54) is 30.7 Å². The monoisotopic (exact) mass is 345 g/mol. The smallest absolute Gasteiger partial charge is 0.213 e. The van der Waals surface area contributed by atoms with E-state index >= 15 is 0 Å².